The lowest BCUT2D eigenvalue weighted by atomic mass is 10.0. The summed E-state index contributed by atoms with van der Waals surface area (Å²) in [6.07, 6.45) is 1.73. The molecule has 1 unspecified atom stereocenters. The standard InChI is InChI=1S/C20H19FN4O4/c1-24-10-13(21)7-16(24)18(27)22-8-11-2-3-14-12(6-11)9-25(20(14)29)15-4-5-17(26)23-19(15)28/h2-3,6-7,10,15H,4-5,8-9H2,1H3,(H,22,27)(H,23,26,28). The van der Waals surface area contributed by atoms with E-state index in [1.165, 1.54) is 15.7 Å². The topological polar surface area (TPSA) is 101 Å². The number of halogens is 1. The Kier molecular flexibility index (Phi) is 4.65. The Morgan fingerprint density at radius 3 is 2.76 bits per heavy atom. The Bertz CT molecular complexity index is 1050. The lowest BCUT2D eigenvalue weighted by molar-refractivity contribution is -0.136. The summed E-state index contributed by atoms with van der Waals surface area (Å²) in [6, 6.07) is 5.71. The van der Waals surface area contributed by atoms with Gasteiger partial charge in [-0.25, -0.2) is 4.39 Å². The number of carbonyl (C=O) groups excluding carboxylic acids is 4. The van der Waals surface area contributed by atoms with Crippen molar-refractivity contribution in [2.24, 2.45) is 7.05 Å². The molecule has 0 aliphatic carbocycles. The molecule has 2 N–H and O–H groups in total. The van der Waals surface area contributed by atoms with Gasteiger partial charge in [-0.3, -0.25) is 24.5 Å². The number of aromatic nitrogens is 1. The highest BCUT2D eigenvalue weighted by Gasteiger charge is 2.39. The number of piperidine rings is 1. The van der Waals surface area contributed by atoms with Crippen LogP contribution in [0.3, 0.4) is 0 Å². The minimum atomic E-state index is -0.664. The van der Waals surface area contributed by atoms with Crippen LogP contribution in [0.2, 0.25) is 0 Å². The third-order valence-corrected chi connectivity index (χ3v) is 5.25. The average molecular weight is 398 g/mol. The van der Waals surface area contributed by atoms with Gasteiger partial charge in [0.25, 0.3) is 11.8 Å². The number of carbonyl (C=O) groups is 4. The Morgan fingerprint density at radius 2 is 2.07 bits per heavy atom. The van der Waals surface area contributed by atoms with Gasteiger partial charge in [0.15, 0.2) is 0 Å². The van der Waals surface area contributed by atoms with Crippen LogP contribution in [0.4, 0.5) is 4.39 Å². The van der Waals surface area contributed by atoms with Gasteiger partial charge in [-0.05, 0) is 23.6 Å². The second kappa shape index (κ2) is 7.16. The fraction of sp³-hybridized carbons (Fsp3) is 0.300. The fourth-order valence-electron chi connectivity index (χ4n) is 3.76. The summed E-state index contributed by atoms with van der Waals surface area (Å²) in [5, 5.41) is 5.00. The highest BCUT2D eigenvalue weighted by molar-refractivity contribution is 6.05. The lowest BCUT2D eigenvalue weighted by Gasteiger charge is -2.29. The van der Waals surface area contributed by atoms with E-state index in [0.717, 1.165) is 17.2 Å². The number of hydrogen-bond acceptors (Lipinski definition) is 4. The van der Waals surface area contributed by atoms with Gasteiger partial charge >= 0.3 is 0 Å². The zero-order valence-corrected chi connectivity index (χ0v) is 15.7. The van der Waals surface area contributed by atoms with Gasteiger partial charge in [0, 0.05) is 44.4 Å². The van der Waals surface area contributed by atoms with E-state index >= 15 is 0 Å². The Hall–Kier alpha value is -3.49. The van der Waals surface area contributed by atoms with E-state index in [-0.39, 0.29) is 37.0 Å². The lowest BCUT2D eigenvalue weighted by Crippen LogP contribution is -2.52. The van der Waals surface area contributed by atoms with E-state index in [1.807, 2.05) is 6.07 Å². The Labute approximate surface area is 165 Å². The van der Waals surface area contributed by atoms with Gasteiger partial charge in [0.2, 0.25) is 11.8 Å². The maximum atomic E-state index is 13.3. The zero-order chi connectivity index (χ0) is 20.7. The number of nitrogens with zero attached hydrogens (tertiary/aromatic N) is 2. The molecular formula is C20H19FN4O4. The number of nitrogens with one attached hydrogen (secondary N) is 2. The summed E-state index contributed by atoms with van der Waals surface area (Å²) in [4.78, 5) is 49.8. The fourth-order valence-corrected chi connectivity index (χ4v) is 3.76. The molecule has 150 valence electrons. The molecule has 4 rings (SSSR count). The van der Waals surface area contributed by atoms with Crippen molar-refractivity contribution in [3.63, 3.8) is 0 Å². The maximum Gasteiger partial charge on any atom is 0.268 e. The molecule has 0 spiro atoms. The van der Waals surface area contributed by atoms with Gasteiger partial charge in [-0.2, -0.15) is 0 Å². The van der Waals surface area contributed by atoms with E-state index in [0.29, 0.717) is 12.0 Å². The van der Waals surface area contributed by atoms with Crippen LogP contribution < -0.4 is 10.6 Å². The predicted molar refractivity (Wildman–Crippen MR) is 99.0 cm³/mol. The zero-order valence-electron chi connectivity index (χ0n) is 15.7. The van der Waals surface area contributed by atoms with Crippen molar-refractivity contribution in [3.05, 3.63) is 58.7 Å². The van der Waals surface area contributed by atoms with E-state index < -0.39 is 23.7 Å². The molecule has 0 saturated carbocycles. The number of hydrogen-bond donors (Lipinski definition) is 2. The molecule has 9 heteroatoms. The van der Waals surface area contributed by atoms with Crippen molar-refractivity contribution in [1.29, 1.82) is 0 Å². The molecule has 4 amide bonds. The summed E-state index contributed by atoms with van der Waals surface area (Å²) < 4.78 is 14.7. The van der Waals surface area contributed by atoms with E-state index in [2.05, 4.69) is 10.6 Å². The molecule has 2 aromatic rings. The Balaban J connectivity index is 1.45. The minimum absolute atomic E-state index is 0.202. The third kappa shape index (κ3) is 3.51. The van der Waals surface area contributed by atoms with Crippen molar-refractivity contribution in [3.8, 4) is 0 Å². The second-order valence-corrected chi connectivity index (χ2v) is 7.23. The Morgan fingerprint density at radius 1 is 1.28 bits per heavy atom. The molecule has 0 radical (unpaired) electrons. The van der Waals surface area contributed by atoms with Crippen molar-refractivity contribution >= 4 is 23.6 Å². The van der Waals surface area contributed by atoms with Gasteiger partial charge < -0.3 is 14.8 Å². The summed E-state index contributed by atoms with van der Waals surface area (Å²) in [5.74, 6) is -1.92. The van der Waals surface area contributed by atoms with Crippen LogP contribution in [-0.2, 0) is 29.7 Å². The van der Waals surface area contributed by atoms with E-state index in [1.54, 1.807) is 19.2 Å². The van der Waals surface area contributed by atoms with Gasteiger partial charge in [0.05, 0.1) is 0 Å². The van der Waals surface area contributed by atoms with Crippen LogP contribution in [0.25, 0.3) is 0 Å². The number of rotatable bonds is 4. The number of aryl methyl sites for hydroxylation is 1. The van der Waals surface area contributed by atoms with Crippen molar-refractivity contribution in [2.45, 2.75) is 32.0 Å². The quantitative estimate of drug-likeness (QED) is 0.746. The number of amides is 4. The summed E-state index contributed by atoms with van der Waals surface area (Å²) in [5.41, 5.74) is 2.26. The van der Waals surface area contributed by atoms with Crippen molar-refractivity contribution in [1.82, 2.24) is 20.1 Å². The van der Waals surface area contributed by atoms with E-state index in [4.69, 9.17) is 0 Å². The summed E-state index contributed by atoms with van der Waals surface area (Å²) in [6.45, 7) is 0.483. The monoisotopic (exact) mass is 398 g/mol. The van der Waals surface area contributed by atoms with Gasteiger partial charge in [-0.1, -0.05) is 12.1 Å². The second-order valence-electron chi connectivity index (χ2n) is 7.23. The molecule has 1 aromatic carbocycles. The molecule has 1 atom stereocenters. The maximum absolute atomic E-state index is 13.3. The third-order valence-electron chi connectivity index (χ3n) is 5.25. The van der Waals surface area contributed by atoms with Gasteiger partial charge in [0.1, 0.15) is 17.6 Å². The van der Waals surface area contributed by atoms with Crippen LogP contribution in [-0.4, -0.2) is 39.1 Å². The van der Waals surface area contributed by atoms with E-state index in [9.17, 15) is 23.6 Å². The first-order valence-electron chi connectivity index (χ1n) is 9.20. The van der Waals surface area contributed by atoms with Crippen LogP contribution in [0, 0.1) is 5.82 Å². The molecule has 2 aliphatic heterocycles. The summed E-state index contributed by atoms with van der Waals surface area (Å²) >= 11 is 0. The molecule has 1 saturated heterocycles. The van der Waals surface area contributed by atoms with Crippen LogP contribution >= 0.6 is 0 Å². The first-order valence-corrected chi connectivity index (χ1v) is 9.20. The van der Waals surface area contributed by atoms with Crippen molar-refractivity contribution in [2.75, 3.05) is 0 Å². The van der Waals surface area contributed by atoms with Crippen LogP contribution in [0.5, 0.6) is 0 Å². The molecule has 2 aliphatic rings. The molecule has 1 aromatic heterocycles. The average Bonchev–Trinajstić information content (AvgIpc) is 3.18. The van der Waals surface area contributed by atoms with Gasteiger partial charge in [-0.15, -0.1) is 0 Å². The molecular weight excluding hydrogens is 379 g/mol. The molecule has 1 fully saturated rings. The van der Waals surface area contributed by atoms with Crippen LogP contribution in [0.15, 0.2) is 30.5 Å². The molecule has 0 bridgehead atoms. The first kappa shape index (κ1) is 18.9. The summed E-state index contributed by atoms with van der Waals surface area (Å²) in [7, 11) is 1.59. The molecule has 8 nitrogen and oxygen atoms in total. The molecule has 29 heavy (non-hydrogen) atoms. The number of imide groups is 1. The van der Waals surface area contributed by atoms with Crippen LogP contribution in [0.1, 0.15) is 44.8 Å². The SMILES string of the molecule is Cn1cc(F)cc1C(=O)NCc1ccc2c(c1)CN(C1CCC(=O)NC1=O)C2=O. The van der Waals surface area contributed by atoms with Crippen molar-refractivity contribution < 1.29 is 23.6 Å². The highest BCUT2D eigenvalue weighted by Crippen LogP contribution is 2.28. The number of benzene rings is 1. The smallest absolute Gasteiger partial charge is 0.268 e. The number of fused-ring (bicyclic) bond motifs is 1. The first-order chi connectivity index (χ1) is 13.8. The highest BCUT2D eigenvalue weighted by atomic mass is 19.1. The normalized spacial score (nSPS) is 18.6. The largest absolute Gasteiger partial charge is 0.347 e. The predicted octanol–water partition coefficient (Wildman–Crippen LogP) is 0.855. The molecule has 3 heterocycles. The minimum Gasteiger partial charge on any atom is -0.347 e.